The average molecular weight is 279 g/mol. The van der Waals surface area contributed by atoms with Crippen LogP contribution in [0.5, 0.6) is 5.75 Å². The minimum atomic E-state index is -4.68. The van der Waals surface area contributed by atoms with Crippen LogP contribution in [-0.4, -0.2) is 20.7 Å². The molecule has 0 amide bonds. The molecule has 102 valence electrons. The summed E-state index contributed by atoms with van der Waals surface area (Å²) < 4.78 is 41.7. The molecule has 0 bridgehead atoms. The van der Waals surface area contributed by atoms with Crippen molar-refractivity contribution < 1.29 is 17.9 Å². The summed E-state index contributed by atoms with van der Waals surface area (Å²) in [5.41, 5.74) is 2.20. The van der Waals surface area contributed by atoms with Gasteiger partial charge >= 0.3 is 6.36 Å². The summed E-state index contributed by atoms with van der Waals surface area (Å²) in [5, 5.41) is 0. The SMILES string of the molecule is FC(F)(F)Oc1ccc(-c2cc3cncn3cn2)cc1. The number of benzene rings is 1. The maximum absolute atomic E-state index is 12.1. The highest BCUT2D eigenvalue weighted by molar-refractivity contribution is 5.65. The Kier molecular flexibility index (Phi) is 2.81. The van der Waals surface area contributed by atoms with Crippen LogP contribution in [0.15, 0.2) is 49.2 Å². The molecular weight excluding hydrogens is 271 g/mol. The van der Waals surface area contributed by atoms with Crippen molar-refractivity contribution in [3.05, 3.63) is 49.2 Å². The van der Waals surface area contributed by atoms with Gasteiger partial charge < -0.3 is 4.74 Å². The van der Waals surface area contributed by atoms with Crippen LogP contribution in [0, 0.1) is 0 Å². The van der Waals surface area contributed by atoms with E-state index in [0.717, 1.165) is 5.52 Å². The Morgan fingerprint density at radius 3 is 2.50 bits per heavy atom. The summed E-state index contributed by atoms with van der Waals surface area (Å²) >= 11 is 0. The third kappa shape index (κ3) is 2.56. The molecule has 7 heteroatoms. The molecule has 2 aromatic heterocycles. The highest BCUT2D eigenvalue weighted by Crippen LogP contribution is 2.26. The standard InChI is InChI=1S/C13H8F3N3O/c14-13(15,16)20-11-3-1-9(2-4-11)12-5-10-6-17-7-19(10)8-18-12/h1-8H. The lowest BCUT2D eigenvalue weighted by Gasteiger charge is -2.09. The van der Waals surface area contributed by atoms with Crippen LogP contribution >= 0.6 is 0 Å². The normalized spacial score (nSPS) is 11.8. The molecule has 0 unspecified atom stereocenters. The van der Waals surface area contributed by atoms with Crippen molar-refractivity contribution >= 4 is 5.52 Å². The molecule has 0 aliphatic carbocycles. The molecular formula is C13H8F3N3O. The van der Waals surface area contributed by atoms with Crippen molar-refractivity contribution in [2.45, 2.75) is 6.36 Å². The summed E-state index contributed by atoms with van der Waals surface area (Å²) in [7, 11) is 0. The van der Waals surface area contributed by atoms with Crippen molar-refractivity contribution in [2.24, 2.45) is 0 Å². The fourth-order valence-corrected chi connectivity index (χ4v) is 1.81. The summed E-state index contributed by atoms with van der Waals surface area (Å²) in [4.78, 5) is 8.18. The van der Waals surface area contributed by atoms with Gasteiger partial charge in [0, 0.05) is 5.56 Å². The molecule has 2 heterocycles. The number of imidazole rings is 1. The van der Waals surface area contributed by atoms with Crippen molar-refractivity contribution in [2.75, 3.05) is 0 Å². The number of alkyl halides is 3. The number of nitrogens with zero attached hydrogens (tertiary/aromatic N) is 3. The van der Waals surface area contributed by atoms with Crippen LogP contribution in [0.4, 0.5) is 13.2 Å². The van der Waals surface area contributed by atoms with Crippen LogP contribution < -0.4 is 4.74 Å². The molecule has 1 aromatic carbocycles. The van der Waals surface area contributed by atoms with Crippen LogP contribution in [0.2, 0.25) is 0 Å². The minimum absolute atomic E-state index is 0.258. The van der Waals surface area contributed by atoms with Gasteiger partial charge in [-0.3, -0.25) is 4.40 Å². The molecule has 3 rings (SSSR count). The van der Waals surface area contributed by atoms with Gasteiger partial charge in [-0.05, 0) is 30.3 Å². The Hall–Kier alpha value is -2.57. The Morgan fingerprint density at radius 2 is 1.80 bits per heavy atom. The molecule has 0 atom stereocenters. The first kappa shape index (κ1) is 12.5. The average Bonchev–Trinajstić information content (AvgIpc) is 2.85. The van der Waals surface area contributed by atoms with Gasteiger partial charge in [-0.2, -0.15) is 0 Å². The van der Waals surface area contributed by atoms with E-state index >= 15 is 0 Å². The van der Waals surface area contributed by atoms with Gasteiger partial charge in [0.05, 0.1) is 17.4 Å². The number of hydrogen-bond donors (Lipinski definition) is 0. The number of aromatic nitrogens is 3. The number of fused-ring (bicyclic) bond motifs is 1. The molecule has 0 radical (unpaired) electrons. The highest BCUT2D eigenvalue weighted by atomic mass is 19.4. The minimum Gasteiger partial charge on any atom is -0.406 e. The maximum Gasteiger partial charge on any atom is 0.573 e. The molecule has 0 aliphatic rings. The first-order valence-corrected chi connectivity index (χ1v) is 5.65. The van der Waals surface area contributed by atoms with E-state index < -0.39 is 6.36 Å². The van der Waals surface area contributed by atoms with Crippen LogP contribution in [0.3, 0.4) is 0 Å². The third-order valence-corrected chi connectivity index (χ3v) is 2.69. The zero-order valence-electron chi connectivity index (χ0n) is 10.0. The second-order valence-electron chi connectivity index (χ2n) is 4.07. The van der Waals surface area contributed by atoms with Gasteiger partial charge in [0.2, 0.25) is 0 Å². The van der Waals surface area contributed by atoms with Gasteiger partial charge in [0.1, 0.15) is 18.4 Å². The van der Waals surface area contributed by atoms with E-state index in [4.69, 9.17) is 0 Å². The Labute approximate surface area is 111 Å². The summed E-state index contributed by atoms with van der Waals surface area (Å²) in [6, 6.07) is 7.36. The van der Waals surface area contributed by atoms with Crippen LogP contribution in [-0.2, 0) is 0 Å². The highest BCUT2D eigenvalue weighted by Gasteiger charge is 2.30. The molecule has 20 heavy (non-hydrogen) atoms. The van der Waals surface area contributed by atoms with Crippen molar-refractivity contribution in [3.8, 4) is 17.0 Å². The van der Waals surface area contributed by atoms with E-state index in [-0.39, 0.29) is 5.75 Å². The first-order valence-electron chi connectivity index (χ1n) is 5.65. The number of halogens is 3. The zero-order chi connectivity index (χ0) is 14.2. The largest absolute Gasteiger partial charge is 0.573 e. The number of hydrogen-bond acceptors (Lipinski definition) is 3. The Balaban J connectivity index is 1.90. The third-order valence-electron chi connectivity index (χ3n) is 2.69. The lowest BCUT2D eigenvalue weighted by molar-refractivity contribution is -0.274. The Morgan fingerprint density at radius 1 is 1.05 bits per heavy atom. The summed E-state index contributed by atoms with van der Waals surface area (Å²) in [6.07, 6.45) is 0.201. The molecule has 0 saturated carbocycles. The van der Waals surface area contributed by atoms with Crippen molar-refractivity contribution in [1.82, 2.24) is 14.4 Å². The van der Waals surface area contributed by atoms with Gasteiger partial charge in [-0.25, -0.2) is 9.97 Å². The van der Waals surface area contributed by atoms with Crippen molar-refractivity contribution in [1.29, 1.82) is 0 Å². The van der Waals surface area contributed by atoms with Gasteiger partial charge in [0.25, 0.3) is 0 Å². The van der Waals surface area contributed by atoms with Crippen molar-refractivity contribution in [3.63, 3.8) is 0 Å². The maximum atomic E-state index is 12.1. The molecule has 0 aliphatic heterocycles. The number of ether oxygens (including phenoxy) is 1. The predicted octanol–water partition coefficient (Wildman–Crippen LogP) is 3.29. The molecule has 0 N–H and O–H groups in total. The second kappa shape index (κ2) is 4.52. The fourth-order valence-electron chi connectivity index (χ4n) is 1.81. The van der Waals surface area contributed by atoms with Gasteiger partial charge in [0.15, 0.2) is 0 Å². The zero-order valence-corrected chi connectivity index (χ0v) is 10.0. The molecule has 4 nitrogen and oxygen atoms in total. The van der Waals surface area contributed by atoms with Gasteiger partial charge in [-0.1, -0.05) is 0 Å². The smallest absolute Gasteiger partial charge is 0.406 e. The quantitative estimate of drug-likeness (QED) is 0.722. The predicted molar refractivity (Wildman–Crippen MR) is 65.1 cm³/mol. The van der Waals surface area contributed by atoms with Gasteiger partial charge in [-0.15, -0.1) is 13.2 Å². The van der Waals surface area contributed by atoms with E-state index in [0.29, 0.717) is 11.3 Å². The lowest BCUT2D eigenvalue weighted by Crippen LogP contribution is -2.16. The van der Waals surface area contributed by atoms with E-state index in [1.54, 1.807) is 29.3 Å². The second-order valence-corrected chi connectivity index (χ2v) is 4.07. The first-order chi connectivity index (χ1) is 9.51. The molecule has 0 spiro atoms. The van der Waals surface area contributed by atoms with Crippen LogP contribution in [0.1, 0.15) is 0 Å². The monoisotopic (exact) mass is 279 g/mol. The number of rotatable bonds is 2. The summed E-state index contributed by atoms with van der Waals surface area (Å²) in [6.45, 7) is 0. The van der Waals surface area contributed by atoms with E-state index in [2.05, 4.69) is 14.7 Å². The molecule has 3 aromatic rings. The Bertz CT molecular complexity index is 734. The fraction of sp³-hybridized carbons (Fsp3) is 0.0769. The van der Waals surface area contributed by atoms with E-state index in [1.807, 2.05) is 0 Å². The molecule has 0 saturated heterocycles. The summed E-state index contributed by atoms with van der Waals surface area (Å²) in [5.74, 6) is -0.258. The van der Waals surface area contributed by atoms with E-state index in [1.165, 1.54) is 24.3 Å². The van der Waals surface area contributed by atoms with Crippen LogP contribution in [0.25, 0.3) is 16.8 Å². The lowest BCUT2D eigenvalue weighted by atomic mass is 10.1. The van der Waals surface area contributed by atoms with E-state index in [9.17, 15) is 13.2 Å². The molecule has 0 fully saturated rings. The topological polar surface area (TPSA) is 39.4 Å².